The Balaban J connectivity index is 2.22. The number of ether oxygens (including phenoxy) is 1. The molecule has 4 nitrogen and oxygen atoms in total. The minimum absolute atomic E-state index is 0.113. The minimum atomic E-state index is -0.119. The molecule has 1 aromatic carbocycles. The molecule has 0 bridgehead atoms. The largest absolute Gasteiger partial charge is 0.372 e. The molecule has 0 saturated carbocycles. The lowest BCUT2D eigenvalue weighted by molar-refractivity contribution is -0.120. The third-order valence-electron chi connectivity index (χ3n) is 2.60. The SMILES string of the molecule is CCCCCOCC(=O)Nc1ccc(CN)cc1. The molecule has 18 heavy (non-hydrogen) atoms. The number of amides is 1. The fourth-order valence-corrected chi connectivity index (χ4v) is 1.54. The highest BCUT2D eigenvalue weighted by Gasteiger charge is 2.02. The van der Waals surface area contributed by atoms with Crippen molar-refractivity contribution in [1.82, 2.24) is 0 Å². The van der Waals surface area contributed by atoms with Crippen LogP contribution in [-0.4, -0.2) is 19.1 Å². The van der Waals surface area contributed by atoms with E-state index >= 15 is 0 Å². The maximum atomic E-state index is 11.5. The van der Waals surface area contributed by atoms with Crippen LogP contribution >= 0.6 is 0 Å². The van der Waals surface area contributed by atoms with E-state index in [-0.39, 0.29) is 12.5 Å². The maximum Gasteiger partial charge on any atom is 0.250 e. The predicted octanol–water partition coefficient (Wildman–Crippen LogP) is 2.29. The highest BCUT2D eigenvalue weighted by atomic mass is 16.5. The second kappa shape index (κ2) is 8.66. The molecule has 1 rings (SSSR count). The van der Waals surface area contributed by atoms with Gasteiger partial charge in [-0.15, -0.1) is 0 Å². The smallest absolute Gasteiger partial charge is 0.250 e. The van der Waals surface area contributed by atoms with Gasteiger partial charge in [-0.25, -0.2) is 0 Å². The van der Waals surface area contributed by atoms with Crippen molar-refractivity contribution < 1.29 is 9.53 Å². The molecule has 0 spiro atoms. The molecule has 1 amide bonds. The Morgan fingerprint density at radius 2 is 2.00 bits per heavy atom. The summed E-state index contributed by atoms with van der Waals surface area (Å²) in [4.78, 5) is 11.5. The Morgan fingerprint density at radius 3 is 2.61 bits per heavy atom. The average molecular weight is 250 g/mol. The molecule has 4 heteroatoms. The van der Waals surface area contributed by atoms with E-state index in [1.807, 2.05) is 24.3 Å². The average Bonchev–Trinajstić information content (AvgIpc) is 2.39. The van der Waals surface area contributed by atoms with Crippen molar-refractivity contribution in [2.75, 3.05) is 18.5 Å². The zero-order valence-electron chi connectivity index (χ0n) is 10.9. The summed E-state index contributed by atoms with van der Waals surface area (Å²) < 4.78 is 5.28. The van der Waals surface area contributed by atoms with Gasteiger partial charge in [0.15, 0.2) is 0 Å². The summed E-state index contributed by atoms with van der Waals surface area (Å²) in [5, 5.41) is 2.78. The summed E-state index contributed by atoms with van der Waals surface area (Å²) in [6.07, 6.45) is 3.31. The van der Waals surface area contributed by atoms with Crippen LogP contribution in [0.1, 0.15) is 31.7 Å². The lowest BCUT2D eigenvalue weighted by atomic mass is 10.2. The molecular weight excluding hydrogens is 228 g/mol. The number of rotatable bonds is 8. The molecule has 0 fully saturated rings. The molecule has 0 saturated heterocycles. The van der Waals surface area contributed by atoms with Gasteiger partial charge in [0.2, 0.25) is 5.91 Å². The molecule has 0 aliphatic carbocycles. The van der Waals surface area contributed by atoms with Crippen molar-refractivity contribution in [2.45, 2.75) is 32.7 Å². The molecule has 0 aliphatic heterocycles. The number of benzene rings is 1. The summed E-state index contributed by atoms with van der Waals surface area (Å²) in [7, 11) is 0. The van der Waals surface area contributed by atoms with E-state index in [1.54, 1.807) is 0 Å². The quantitative estimate of drug-likeness (QED) is 0.696. The standard InChI is InChI=1S/C14H22N2O2/c1-2-3-4-9-18-11-14(17)16-13-7-5-12(10-15)6-8-13/h5-8H,2-4,9-11,15H2,1H3,(H,16,17). The van der Waals surface area contributed by atoms with Crippen molar-refractivity contribution in [3.05, 3.63) is 29.8 Å². The summed E-state index contributed by atoms with van der Waals surface area (Å²) in [6.45, 7) is 3.40. The van der Waals surface area contributed by atoms with E-state index in [0.29, 0.717) is 13.2 Å². The van der Waals surface area contributed by atoms with E-state index in [0.717, 1.165) is 30.5 Å². The van der Waals surface area contributed by atoms with Crippen LogP contribution in [0.25, 0.3) is 0 Å². The number of hydrogen-bond acceptors (Lipinski definition) is 3. The molecule has 1 aromatic rings. The van der Waals surface area contributed by atoms with Crippen molar-refractivity contribution in [1.29, 1.82) is 0 Å². The number of anilines is 1. The van der Waals surface area contributed by atoms with Gasteiger partial charge >= 0.3 is 0 Å². The fourth-order valence-electron chi connectivity index (χ4n) is 1.54. The molecule has 0 aliphatic rings. The Kier molecular flexibility index (Phi) is 7.06. The Bertz CT molecular complexity index is 349. The third-order valence-corrected chi connectivity index (χ3v) is 2.60. The number of nitrogens with two attached hydrogens (primary N) is 1. The third kappa shape index (κ3) is 5.80. The topological polar surface area (TPSA) is 64.3 Å². The summed E-state index contributed by atoms with van der Waals surface area (Å²) >= 11 is 0. The van der Waals surface area contributed by atoms with E-state index < -0.39 is 0 Å². The first-order valence-electron chi connectivity index (χ1n) is 6.43. The second-order valence-electron chi connectivity index (χ2n) is 4.21. The fraction of sp³-hybridized carbons (Fsp3) is 0.500. The van der Waals surface area contributed by atoms with Gasteiger partial charge < -0.3 is 15.8 Å². The maximum absolute atomic E-state index is 11.5. The van der Waals surface area contributed by atoms with Crippen molar-refractivity contribution in [3.8, 4) is 0 Å². The van der Waals surface area contributed by atoms with Crippen LogP contribution in [0.2, 0.25) is 0 Å². The molecule has 0 radical (unpaired) electrons. The van der Waals surface area contributed by atoms with E-state index in [1.165, 1.54) is 0 Å². The lowest BCUT2D eigenvalue weighted by Crippen LogP contribution is -2.18. The zero-order valence-corrected chi connectivity index (χ0v) is 10.9. The summed E-state index contributed by atoms with van der Waals surface area (Å²) in [5.41, 5.74) is 7.32. The van der Waals surface area contributed by atoms with E-state index in [9.17, 15) is 4.79 Å². The first-order valence-corrected chi connectivity index (χ1v) is 6.43. The van der Waals surface area contributed by atoms with Crippen molar-refractivity contribution in [2.24, 2.45) is 5.73 Å². The van der Waals surface area contributed by atoms with Gasteiger partial charge in [0.05, 0.1) is 0 Å². The summed E-state index contributed by atoms with van der Waals surface area (Å²) in [6, 6.07) is 7.49. The van der Waals surface area contributed by atoms with Gasteiger partial charge in [-0.1, -0.05) is 31.9 Å². The number of nitrogens with one attached hydrogen (secondary N) is 1. The summed E-state index contributed by atoms with van der Waals surface area (Å²) in [5.74, 6) is -0.119. The highest BCUT2D eigenvalue weighted by molar-refractivity contribution is 5.91. The second-order valence-corrected chi connectivity index (χ2v) is 4.21. The van der Waals surface area contributed by atoms with Crippen LogP contribution in [0.3, 0.4) is 0 Å². The highest BCUT2D eigenvalue weighted by Crippen LogP contribution is 2.08. The number of carbonyl (C=O) groups excluding carboxylic acids is 1. The number of unbranched alkanes of at least 4 members (excludes halogenated alkanes) is 2. The van der Waals surface area contributed by atoms with Crippen LogP contribution < -0.4 is 11.1 Å². The van der Waals surface area contributed by atoms with Crippen LogP contribution in [0, 0.1) is 0 Å². The molecule has 0 atom stereocenters. The van der Waals surface area contributed by atoms with Gasteiger partial charge in [0, 0.05) is 18.8 Å². The van der Waals surface area contributed by atoms with Crippen LogP contribution in [-0.2, 0) is 16.1 Å². The molecule has 0 unspecified atom stereocenters. The van der Waals surface area contributed by atoms with Crippen molar-refractivity contribution >= 4 is 11.6 Å². The first kappa shape index (κ1) is 14.7. The van der Waals surface area contributed by atoms with Gasteiger partial charge in [-0.2, -0.15) is 0 Å². The molecule has 100 valence electrons. The lowest BCUT2D eigenvalue weighted by Gasteiger charge is -2.06. The van der Waals surface area contributed by atoms with Gasteiger partial charge in [0.1, 0.15) is 6.61 Å². The van der Waals surface area contributed by atoms with Crippen LogP contribution in [0.15, 0.2) is 24.3 Å². The van der Waals surface area contributed by atoms with E-state index in [4.69, 9.17) is 10.5 Å². The number of carbonyl (C=O) groups is 1. The minimum Gasteiger partial charge on any atom is -0.372 e. The van der Waals surface area contributed by atoms with Gasteiger partial charge in [-0.3, -0.25) is 4.79 Å². The number of hydrogen-bond donors (Lipinski definition) is 2. The molecule has 0 aromatic heterocycles. The molecule has 0 heterocycles. The van der Waals surface area contributed by atoms with Gasteiger partial charge in [0.25, 0.3) is 0 Å². The molecular formula is C14H22N2O2. The van der Waals surface area contributed by atoms with Gasteiger partial charge in [-0.05, 0) is 24.1 Å². The monoisotopic (exact) mass is 250 g/mol. The zero-order chi connectivity index (χ0) is 13.2. The van der Waals surface area contributed by atoms with Crippen LogP contribution in [0.5, 0.6) is 0 Å². The predicted molar refractivity (Wildman–Crippen MR) is 73.3 cm³/mol. The Hall–Kier alpha value is -1.39. The Morgan fingerprint density at radius 1 is 1.28 bits per heavy atom. The normalized spacial score (nSPS) is 10.3. The Labute approximate surface area is 109 Å². The van der Waals surface area contributed by atoms with Crippen molar-refractivity contribution in [3.63, 3.8) is 0 Å². The first-order chi connectivity index (χ1) is 8.76. The molecule has 3 N–H and O–H groups in total. The van der Waals surface area contributed by atoms with E-state index in [2.05, 4.69) is 12.2 Å². The van der Waals surface area contributed by atoms with Crippen LogP contribution in [0.4, 0.5) is 5.69 Å².